The molecule has 0 atom stereocenters. The van der Waals surface area contributed by atoms with Gasteiger partial charge in [0.1, 0.15) is 5.82 Å². The van der Waals surface area contributed by atoms with E-state index in [9.17, 15) is 9.18 Å². The zero-order chi connectivity index (χ0) is 14.0. The zero-order valence-corrected chi connectivity index (χ0v) is 11.8. The van der Waals surface area contributed by atoms with Crippen molar-refractivity contribution in [3.63, 3.8) is 0 Å². The van der Waals surface area contributed by atoms with Crippen LogP contribution in [0.5, 0.6) is 0 Å². The summed E-state index contributed by atoms with van der Waals surface area (Å²) in [6, 6.07) is 4.44. The molecule has 6 heteroatoms. The normalized spacial score (nSPS) is 14.2. The number of thiocarbonyl (C=S) groups is 1. The summed E-state index contributed by atoms with van der Waals surface area (Å²) >= 11 is 10.7. The Kier molecular flexibility index (Phi) is 4.37. The molecule has 1 fully saturated rings. The molecule has 0 unspecified atom stereocenters. The average molecular weight is 301 g/mol. The van der Waals surface area contributed by atoms with Gasteiger partial charge in [0.2, 0.25) is 0 Å². The third-order valence-corrected chi connectivity index (χ3v) is 3.62. The van der Waals surface area contributed by atoms with Crippen molar-refractivity contribution in [2.75, 3.05) is 6.54 Å². The average Bonchev–Trinajstić information content (AvgIpc) is 3.17. The number of carbonyl (C=O) groups is 1. The third-order valence-electron chi connectivity index (χ3n) is 3.03. The number of hydrogen-bond acceptors (Lipinski definition) is 2. The second-order valence-electron chi connectivity index (χ2n) is 4.55. The number of rotatable bonds is 5. The highest BCUT2D eigenvalue weighted by atomic mass is 35.5. The number of nitrogens with two attached hydrogens (primary N) is 1. The molecule has 1 aromatic carbocycles. The molecule has 19 heavy (non-hydrogen) atoms. The Hall–Kier alpha value is -1.20. The Morgan fingerprint density at radius 2 is 2.21 bits per heavy atom. The van der Waals surface area contributed by atoms with Gasteiger partial charge < -0.3 is 10.6 Å². The Labute approximate surface area is 121 Å². The highest BCUT2D eigenvalue weighted by Crippen LogP contribution is 2.30. The van der Waals surface area contributed by atoms with E-state index in [0.717, 1.165) is 12.8 Å². The summed E-state index contributed by atoms with van der Waals surface area (Å²) in [4.78, 5) is 14.4. The van der Waals surface area contributed by atoms with Gasteiger partial charge in [-0.1, -0.05) is 29.9 Å². The van der Waals surface area contributed by atoms with Crippen LogP contribution in [0.4, 0.5) is 4.39 Å². The lowest BCUT2D eigenvalue weighted by atomic mass is 10.2. The number of nitrogens with zero attached hydrogens (tertiary/aromatic N) is 1. The minimum Gasteiger partial charge on any atom is -0.393 e. The van der Waals surface area contributed by atoms with Crippen molar-refractivity contribution in [3.8, 4) is 0 Å². The zero-order valence-electron chi connectivity index (χ0n) is 10.2. The van der Waals surface area contributed by atoms with E-state index in [4.69, 9.17) is 29.6 Å². The Morgan fingerprint density at radius 3 is 2.79 bits per heavy atom. The molecule has 3 nitrogen and oxygen atoms in total. The van der Waals surface area contributed by atoms with Gasteiger partial charge in [0.25, 0.3) is 5.91 Å². The minimum absolute atomic E-state index is 0.131. The van der Waals surface area contributed by atoms with Crippen LogP contribution in [0.15, 0.2) is 18.2 Å². The molecule has 0 saturated heterocycles. The van der Waals surface area contributed by atoms with Gasteiger partial charge in [-0.25, -0.2) is 4.39 Å². The summed E-state index contributed by atoms with van der Waals surface area (Å²) < 4.78 is 13.4. The molecule has 2 N–H and O–H groups in total. The van der Waals surface area contributed by atoms with Crippen LogP contribution in [0.3, 0.4) is 0 Å². The first-order chi connectivity index (χ1) is 9.00. The molecule has 0 aromatic heterocycles. The highest BCUT2D eigenvalue weighted by Gasteiger charge is 2.33. The van der Waals surface area contributed by atoms with Crippen molar-refractivity contribution in [2.45, 2.75) is 25.3 Å². The second kappa shape index (κ2) is 5.84. The fraction of sp³-hybridized carbons (Fsp3) is 0.385. The van der Waals surface area contributed by atoms with Crippen molar-refractivity contribution in [1.82, 2.24) is 4.90 Å². The van der Waals surface area contributed by atoms with E-state index in [1.54, 1.807) is 4.90 Å². The topological polar surface area (TPSA) is 46.3 Å². The van der Waals surface area contributed by atoms with Gasteiger partial charge in [0, 0.05) is 19.0 Å². The predicted molar refractivity (Wildman–Crippen MR) is 76.9 cm³/mol. The first kappa shape index (κ1) is 14.2. The van der Waals surface area contributed by atoms with E-state index in [1.807, 2.05) is 0 Å². The van der Waals surface area contributed by atoms with E-state index < -0.39 is 5.82 Å². The highest BCUT2D eigenvalue weighted by molar-refractivity contribution is 7.80. The molecule has 0 aliphatic heterocycles. The standard InChI is InChI=1S/C13H14ClFN2OS/c14-12-9(2-1-3-10(12)15)13(18)17(8-4-5-8)7-6-11(16)19/h1-3,8H,4-7H2,(H2,16,19). The summed E-state index contributed by atoms with van der Waals surface area (Å²) in [5, 5.41) is -0.131. The predicted octanol–water partition coefficient (Wildman–Crippen LogP) is 2.76. The van der Waals surface area contributed by atoms with Crippen LogP contribution in [0.2, 0.25) is 5.02 Å². The number of carbonyl (C=O) groups excluding carboxylic acids is 1. The van der Waals surface area contributed by atoms with Gasteiger partial charge in [-0.3, -0.25) is 4.79 Å². The SMILES string of the molecule is NC(=S)CCN(C(=O)c1cccc(F)c1Cl)C1CC1. The van der Waals surface area contributed by atoms with Crippen LogP contribution >= 0.6 is 23.8 Å². The molecular formula is C13H14ClFN2OS. The molecule has 1 aromatic rings. The minimum atomic E-state index is -0.586. The lowest BCUT2D eigenvalue weighted by molar-refractivity contribution is 0.0747. The molecule has 2 rings (SSSR count). The first-order valence-corrected chi connectivity index (χ1v) is 6.82. The van der Waals surface area contributed by atoms with E-state index >= 15 is 0 Å². The maximum atomic E-state index is 13.4. The molecule has 0 radical (unpaired) electrons. The van der Waals surface area contributed by atoms with Crippen molar-refractivity contribution in [1.29, 1.82) is 0 Å². The van der Waals surface area contributed by atoms with Crippen LogP contribution in [0, 0.1) is 5.82 Å². The van der Waals surface area contributed by atoms with E-state index in [2.05, 4.69) is 0 Å². The van der Waals surface area contributed by atoms with Gasteiger partial charge in [-0.2, -0.15) is 0 Å². The van der Waals surface area contributed by atoms with Crippen LogP contribution < -0.4 is 5.73 Å². The maximum absolute atomic E-state index is 13.4. The van der Waals surface area contributed by atoms with Gasteiger partial charge in [0.15, 0.2) is 0 Å². The number of amides is 1. The second-order valence-corrected chi connectivity index (χ2v) is 5.45. The number of hydrogen-bond donors (Lipinski definition) is 1. The smallest absolute Gasteiger partial charge is 0.255 e. The van der Waals surface area contributed by atoms with Crippen LogP contribution in [0.25, 0.3) is 0 Å². The van der Waals surface area contributed by atoms with E-state index in [-0.39, 0.29) is 22.5 Å². The molecule has 0 heterocycles. The quantitative estimate of drug-likeness (QED) is 0.851. The number of benzene rings is 1. The molecule has 1 aliphatic rings. The fourth-order valence-corrected chi connectivity index (χ4v) is 2.19. The largest absolute Gasteiger partial charge is 0.393 e. The van der Waals surface area contributed by atoms with E-state index in [1.165, 1.54) is 18.2 Å². The van der Waals surface area contributed by atoms with Crippen molar-refractivity contribution in [2.24, 2.45) is 5.73 Å². The van der Waals surface area contributed by atoms with Crippen LogP contribution in [-0.2, 0) is 0 Å². The van der Waals surface area contributed by atoms with Crippen LogP contribution in [0.1, 0.15) is 29.6 Å². The van der Waals surface area contributed by atoms with Crippen molar-refractivity contribution in [3.05, 3.63) is 34.6 Å². The Balaban J connectivity index is 2.19. The van der Waals surface area contributed by atoms with Crippen molar-refractivity contribution >= 4 is 34.7 Å². The molecule has 0 spiro atoms. The molecule has 1 aliphatic carbocycles. The van der Waals surface area contributed by atoms with Crippen LogP contribution in [-0.4, -0.2) is 28.4 Å². The molecule has 1 saturated carbocycles. The Bertz CT molecular complexity index is 519. The molecule has 0 bridgehead atoms. The summed E-state index contributed by atoms with van der Waals surface area (Å²) in [5.74, 6) is -0.846. The van der Waals surface area contributed by atoms with Gasteiger partial charge in [-0.15, -0.1) is 0 Å². The summed E-state index contributed by atoms with van der Waals surface area (Å²) in [6.07, 6.45) is 2.37. The molecule has 1 amide bonds. The third kappa shape index (κ3) is 3.42. The van der Waals surface area contributed by atoms with Gasteiger partial charge >= 0.3 is 0 Å². The lowest BCUT2D eigenvalue weighted by Crippen LogP contribution is -2.35. The monoisotopic (exact) mass is 300 g/mol. The van der Waals surface area contributed by atoms with E-state index in [0.29, 0.717) is 18.0 Å². The lowest BCUT2D eigenvalue weighted by Gasteiger charge is -2.22. The van der Waals surface area contributed by atoms with Crippen molar-refractivity contribution < 1.29 is 9.18 Å². The molecular weight excluding hydrogens is 287 g/mol. The molecule has 102 valence electrons. The number of halogens is 2. The van der Waals surface area contributed by atoms with Gasteiger partial charge in [0.05, 0.1) is 15.6 Å². The summed E-state index contributed by atoms with van der Waals surface area (Å²) in [5.41, 5.74) is 5.65. The maximum Gasteiger partial charge on any atom is 0.255 e. The Morgan fingerprint density at radius 1 is 1.53 bits per heavy atom. The fourth-order valence-electron chi connectivity index (χ4n) is 1.89. The first-order valence-electron chi connectivity index (χ1n) is 6.04. The summed E-state index contributed by atoms with van der Waals surface area (Å²) in [6.45, 7) is 0.450. The van der Waals surface area contributed by atoms with Gasteiger partial charge in [-0.05, 0) is 25.0 Å². The summed E-state index contributed by atoms with van der Waals surface area (Å²) in [7, 11) is 0.